The highest BCUT2D eigenvalue weighted by atomic mass is 35.5. The number of benzene rings is 1. The van der Waals surface area contributed by atoms with Gasteiger partial charge in [0.1, 0.15) is 0 Å². The van der Waals surface area contributed by atoms with Crippen molar-refractivity contribution in [2.75, 3.05) is 17.3 Å². The van der Waals surface area contributed by atoms with Crippen LogP contribution in [0, 0.1) is 0 Å². The Labute approximate surface area is 114 Å². The van der Waals surface area contributed by atoms with Crippen molar-refractivity contribution in [1.29, 1.82) is 0 Å². The Morgan fingerprint density at radius 1 is 1.33 bits per heavy atom. The number of hydrogen-bond donors (Lipinski definition) is 1. The zero-order valence-electron chi connectivity index (χ0n) is 9.51. The Bertz CT molecular complexity index is 463. The van der Waals surface area contributed by atoms with Crippen LogP contribution in [0.25, 0.3) is 0 Å². The van der Waals surface area contributed by atoms with E-state index in [4.69, 9.17) is 16.7 Å². The largest absolute Gasteiger partial charge is 0.396 e. The van der Waals surface area contributed by atoms with Crippen LogP contribution in [0.15, 0.2) is 24.3 Å². The van der Waals surface area contributed by atoms with Crippen LogP contribution in [0.3, 0.4) is 0 Å². The summed E-state index contributed by atoms with van der Waals surface area (Å²) in [5.41, 5.74) is 0.543. The molecule has 1 heterocycles. The molecule has 96 valence electrons. The van der Waals surface area contributed by atoms with Crippen molar-refractivity contribution in [1.82, 2.24) is 0 Å². The molecule has 1 aliphatic heterocycles. The molecule has 1 fully saturated rings. The van der Waals surface area contributed by atoms with E-state index in [1.807, 2.05) is 0 Å². The average Bonchev–Trinajstić information content (AvgIpc) is 2.63. The number of thioether (sulfide) groups is 1. The summed E-state index contributed by atoms with van der Waals surface area (Å²) in [5, 5.41) is 8.92. The predicted octanol–water partition coefficient (Wildman–Crippen LogP) is 1.70. The van der Waals surface area contributed by atoms with E-state index in [1.165, 1.54) is 16.7 Å². The lowest BCUT2D eigenvalue weighted by atomic mass is 10.3. The second-order valence-electron chi connectivity index (χ2n) is 3.83. The molecule has 0 unspecified atom stereocenters. The predicted molar refractivity (Wildman–Crippen MR) is 71.9 cm³/mol. The number of aliphatic hydroxyl groups is 1. The van der Waals surface area contributed by atoms with Crippen LogP contribution in [0.2, 0.25) is 5.02 Å². The van der Waals surface area contributed by atoms with E-state index >= 15 is 0 Å². The van der Waals surface area contributed by atoms with E-state index in [0.717, 1.165) is 0 Å². The summed E-state index contributed by atoms with van der Waals surface area (Å²) in [4.78, 5) is 25.1. The number of hydrogen-bond acceptors (Lipinski definition) is 4. The summed E-state index contributed by atoms with van der Waals surface area (Å²) in [7, 11) is 0. The molecule has 0 aliphatic carbocycles. The molecule has 18 heavy (non-hydrogen) atoms. The molecular formula is C12H12ClNO3S. The third-order valence-electron chi connectivity index (χ3n) is 2.60. The third kappa shape index (κ3) is 2.68. The summed E-state index contributed by atoms with van der Waals surface area (Å²) >= 11 is 7.08. The van der Waals surface area contributed by atoms with Gasteiger partial charge in [0, 0.05) is 17.2 Å². The molecule has 1 aromatic carbocycles. The van der Waals surface area contributed by atoms with Crippen LogP contribution in [0.1, 0.15) is 6.42 Å². The Hall–Kier alpha value is -1.04. The quantitative estimate of drug-likeness (QED) is 0.856. The number of imide groups is 1. The number of aliphatic hydroxyl groups excluding tert-OH is 1. The van der Waals surface area contributed by atoms with E-state index < -0.39 is 0 Å². The van der Waals surface area contributed by atoms with Crippen LogP contribution in [0.4, 0.5) is 5.69 Å². The summed E-state index contributed by atoms with van der Waals surface area (Å²) in [6.07, 6.45) is 0.187. The second-order valence-corrected chi connectivity index (χ2v) is 5.58. The van der Waals surface area contributed by atoms with Crippen LogP contribution < -0.4 is 4.90 Å². The van der Waals surface area contributed by atoms with E-state index in [-0.39, 0.29) is 30.1 Å². The highest BCUT2D eigenvalue weighted by molar-refractivity contribution is 8.00. The van der Waals surface area contributed by atoms with Crippen LogP contribution in [0.5, 0.6) is 0 Å². The molecule has 0 radical (unpaired) electrons. The molecule has 0 bridgehead atoms. The van der Waals surface area contributed by atoms with Gasteiger partial charge < -0.3 is 5.11 Å². The highest BCUT2D eigenvalue weighted by Crippen LogP contribution is 2.29. The van der Waals surface area contributed by atoms with Gasteiger partial charge in [0.05, 0.1) is 17.5 Å². The molecule has 2 rings (SSSR count). The van der Waals surface area contributed by atoms with Gasteiger partial charge in [-0.1, -0.05) is 11.6 Å². The fourth-order valence-corrected chi connectivity index (χ4v) is 2.81. The Morgan fingerprint density at radius 2 is 2.00 bits per heavy atom. The van der Waals surface area contributed by atoms with Crippen LogP contribution in [-0.4, -0.2) is 34.5 Å². The number of carbonyl (C=O) groups excluding carboxylic acids is 2. The first-order valence-electron chi connectivity index (χ1n) is 5.48. The Balaban J connectivity index is 2.16. The van der Waals surface area contributed by atoms with E-state index in [9.17, 15) is 9.59 Å². The van der Waals surface area contributed by atoms with Gasteiger partial charge in [-0.15, -0.1) is 11.8 Å². The van der Waals surface area contributed by atoms with Gasteiger partial charge in [-0.05, 0) is 24.3 Å². The number of amides is 2. The van der Waals surface area contributed by atoms with Crippen molar-refractivity contribution in [2.24, 2.45) is 0 Å². The SMILES string of the molecule is O=C1C[C@@H](SCCO)C(=O)N1c1ccc(Cl)cc1. The van der Waals surface area contributed by atoms with Gasteiger partial charge in [-0.25, -0.2) is 4.90 Å². The molecule has 1 atom stereocenters. The van der Waals surface area contributed by atoms with Gasteiger partial charge in [-0.2, -0.15) is 0 Å². The van der Waals surface area contributed by atoms with Gasteiger partial charge in [0.25, 0.3) is 0 Å². The lowest BCUT2D eigenvalue weighted by molar-refractivity contribution is -0.121. The molecule has 6 heteroatoms. The molecule has 4 nitrogen and oxygen atoms in total. The van der Waals surface area contributed by atoms with Crippen molar-refractivity contribution < 1.29 is 14.7 Å². The first kappa shape index (κ1) is 13.4. The molecule has 2 amide bonds. The number of halogens is 1. The average molecular weight is 286 g/mol. The monoisotopic (exact) mass is 285 g/mol. The van der Waals surface area contributed by atoms with Gasteiger partial charge >= 0.3 is 0 Å². The minimum absolute atomic E-state index is 0.00355. The molecule has 0 aromatic heterocycles. The van der Waals surface area contributed by atoms with Crippen molar-refractivity contribution in [3.8, 4) is 0 Å². The lowest BCUT2D eigenvalue weighted by Gasteiger charge is -2.14. The second kappa shape index (κ2) is 5.73. The van der Waals surface area contributed by atoms with Crippen molar-refractivity contribution in [3.05, 3.63) is 29.3 Å². The zero-order valence-corrected chi connectivity index (χ0v) is 11.1. The third-order valence-corrected chi connectivity index (χ3v) is 4.04. The van der Waals surface area contributed by atoms with E-state index in [0.29, 0.717) is 16.5 Å². The van der Waals surface area contributed by atoms with Crippen molar-refractivity contribution in [3.63, 3.8) is 0 Å². The maximum absolute atomic E-state index is 12.1. The number of nitrogens with zero attached hydrogens (tertiary/aromatic N) is 1. The maximum atomic E-state index is 12.1. The maximum Gasteiger partial charge on any atom is 0.247 e. The summed E-state index contributed by atoms with van der Waals surface area (Å²) < 4.78 is 0. The molecule has 1 aliphatic rings. The molecule has 1 N–H and O–H groups in total. The lowest BCUT2D eigenvalue weighted by Crippen LogP contribution is -2.31. The van der Waals surface area contributed by atoms with Gasteiger partial charge in [0.15, 0.2) is 0 Å². The normalized spacial score (nSPS) is 19.7. The zero-order chi connectivity index (χ0) is 13.1. The molecule has 0 spiro atoms. The fraction of sp³-hybridized carbons (Fsp3) is 0.333. The Morgan fingerprint density at radius 3 is 2.61 bits per heavy atom. The molecular weight excluding hydrogens is 274 g/mol. The van der Waals surface area contributed by atoms with E-state index in [1.54, 1.807) is 24.3 Å². The number of carbonyl (C=O) groups is 2. The highest BCUT2D eigenvalue weighted by Gasteiger charge is 2.39. The molecule has 1 aromatic rings. The number of anilines is 1. The standard InChI is InChI=1S/C12H12ClNO3S/c13-8-1-3-9(4-2-8)14-11(16)7-10(12(14)17)18-6-5-15/h1-4,10,15H,5-7H2/t10-/m1/s1. The molecule has 1 saturated heterocycles. The topological polar surface area (TPSA) is 57.6 Å². The first-order valence-corrected chi connectivity index (χ1v) is 6.91. The summed E-state index contributed by atoms with van der Waals surface area (Å²) in [5.74, 6) is 0.0246. The Kier molecular flexibility index (Phi) is 4.27. The first-order chi connectivity index (χ1) is 8.63. The van der Waals surface area contributed by atoms with Gasteiger partial charge in [0.2, 0.25) is 11.8 Å². The summed E-state index contributed by atoms with van der Waals surface area (Å²) in [6.45, 7) is 0.00355. The molecule has 0 saturated carbocycles. The van der Waals surface area contributed by atoms with Crippen LogP contribution >= 0.6 is 23.4 Å². The minimum atomic E-state index is -0.389. The fourth-order valence-electron chi connectivity index (χ4n) is 1.79. The number of rotatable bonds is 4. The van der Waals surface area contributed by atoms with E-state index in [2.05, 4.69) is 0 Å². The smallest absolute Gasteiger partial charge is 0.247 e. The minimum Gasteiger partial charge on any atom is -0.396 e. The summed E-state index contributed by atoms with van der Waals surface area (Å²) in [6, 6.07) is 6.59. The van der Waals surface area contributed by atoms with Crippen LogP contribution in [-0.2, 0) is 9.59 Å². The van der Waals surface area contributed by atoms with Crippen molar-refractivity contribution >= 4 is 40.9 Å². The van der Waals surface area contributed by atoms with Crippen molar-refractivity contribution in [2.45, 2.75) is 11.7 Å². The van der Waals surface area contributed by atoms with Gasteiger partial charge in [-0.3, -0.25) is 9.59 Å².